The molecule has 0 aliphatic carbocycles. The number of pyridine rings is 1. The summed E-state index contributed by atoms with van der Waals surface area (Å²) in [6, 6.07) is 7.69. The number of nitrogens with two attached hydrogens (primary N) is 1. The van der Waals surface area contributed by atoms with Crippen LogP contribution in [0.25, 0.3) is 0 Å². The number of nitro groups is 1. The molecular weight excluding hydrogens is 387 g/mol. The van der Waals surface area contributed by atoms with E-state index in [2.05, 4.69) is 4.98 Å². The third-order valence-corrected chi connectivity index (χ3v) is 3.46. The average molecular weight is 396 g/mol. The van der Waals surface area contributed by atoms with Crippen LogP contribution in [0.5, 0.6) is 11.6 Å². The third kappa shape index (κ3) is 3.19. The summed E-state index contributed by atoms with van der Waals surface area (Å²) >= 11 is 1.88. The highest BCUT2D eigenvalue weighted by Gasteiger charge is 2.21. The van der Waals surface area contributed by atoms with Gasteiger partial charge in [0.05, 0.1) is 31.5 Å². The van der Waals surface area contributed by atoms with Crippen LogP contribution in [0.3, 0.4) is 0 Å². The van der Waals surface area contributed by atoms with Crippen molar-refractivity contribution in [3.63, 3.8) is 0 Å². The standard InChI is InChI=1S/C13H9IN4O3/c1-7-10(16)2-3-12(17-7)21-13-9(14)4-8(6-15)5-11(13)18(19)20/h2-5H,16H2,1H3. The van der Waals surface area contributed by atoms with Crippen LogP contribution in [-0.4, -0.2) is 9.91 Å². The number of nitrogen functional groups attached to an aromatic ring is 1. The van der Waals surface area contributed by atoms with Crippen LogP contribution in [0.15, 0.2) is 24.3 Å². The lowest BCUT2D eigenvalue weighted by Gasteiger charge is -2.09. The predicted molar refractivity (Wildman–Crippen MR) is 84.0 cm³/mol. The lowest BCUT2D eigenvalue weighted by atomic mass is 10.2. The molecule has 0 atom stereocenters. The minimum atomic E-state index is -0.595. The van der Waals surface area contributed by atoms with Crippen molar-refractivity contribution >= 4 is 34.0 Å². The fraction of sp³-hybridized carbons (Fsp3) is 0.0769. The Labute approximate surface area is 133 Å². The van der Waals surface area contributed by atoms with Gasteiger partial charge in [0.1, 0.15) is 0 Å². The van der Waals surface area contributed by atoms with E-state index in [1.165, 1.54) is 18.2 Å². The van der Waals surface area contributed by atoms with Crippen LogP contribution >= 0.6 is 22.6 Å². The van der Waals surface area contributed by atoms with Crippen molar-refractivity contribution in [2.75, 3.05) is 5.73 Å². The maximum atomic E-state index is 11.1. The van der Waals surface area contributed by atoms with Crippen LogP contribution in [0.2, 0.25) is 0 Å². The van der Waals surface area contributed by atoms with E-state index in [1.54, 1.807) is 13.0 Å². The second-order valence-electron chi connectivity index (χ2n) is 4.10. The highest BCUT2D eigenvalue weighted by atomic mass is 127. The number of anilines is 1. The van der Waals surface area contributed by atoms with Crippen molar-refractivity contribution in [3.8, 4) is 17.7 Å². The van der Waals surface area contributed by atoms with E-state index in [-0.39, 0.29) is 22.9 Å². The van der Waals surface area contributed by atoms with Gasteiger partial charge in [-0.25, -0.2) is 4.98 Å². The zero-order valence-corrected chi connectivity index (χ0v) is 13.0. The first-order valence-corrected chi connectivity index (χ1v) is 6.79. The Morgan fingerprint density at radius 2 is 2.19 bits per heavy atom. The molecular formula is C13H9IN4O3. The summed E-state index contributed by atoms with van der Waals surface area (Å²) in [4.78, 5) is 14.6. The summed E-state index contributed by atoms with van der Waals surface area (Å²) in [6.45, 7) is 1.71. The summed E-state index contributed by atoms with van der Waals surface area (Å²) in [7, 11) is 0. The molecule has 0 radical (unpaired) electrons. The summed E-state index contributed by atoms with van der Waals surface area (Å²) in [5, 5.41) is 20.0. The molecule has 0 saturated carbocycles. The summed E-state index contributed by atoms with van der Waals surface area (Å²) in [6.07, 6.45) is 0. The molecule has 0 bridgehead atoms. The van der Waals surface area contributed by atoms with E-state index in [0.717, 1.165) is 0 Å². The molecule has 0 unspecified atom stereocenters. The first-order valence-electron chi connectivity index (χ1n) is 5.71. The number of hydrogen-bond donors (Lipinski definition) is 1. The van der Waals surface area contributed by atoms with Gasteiger partial charge in [-0.15, -0.1) is 0 Å². The number of nitriles is 1. The second-order valence-corrected chi connectivity index (χ2v) is 5.26. The number of benzene rings is 1. The van der Waals surface area contributed by atoms with Gasteiger partial charge in [0.2, 0.25) is 11.6 Å². The minimum Gasteiger partial charge on any atom is -0.431 e. The van der Waals surface area contributed by atoms with Gasteiger partial charge in [-0.3, -0.25) is 10.1 Å². The Morgan fingerprint density at radius 3 is 2.76 bits per heavy atom. The maximum absolute atomic E-state index is 11.1. The summed E-state index contributed by atoms with van der Waals surface area (Å²) in [5.41, 5.74) is 6.65. The Hall–Kier alpha value is -2.41. The smallest absolute Gasteiger partial charge is 0.314 e. The van der Waals surface area contributed by atoms with Crippen LogP contribution in [0, 0.1) is 31.9 Å². The Bertz CT molecular complexity index is 771. The molecule has 0 amide bonds. The van der Waals surface area contributed by atoms with Crippen LogP contribution in [0.1, 0.15) is 11.3 Å². The highest BCUT2D eigenvalue weighted by molar-refractivity contribution is 14.1. The molecule has 0 saturated heterocycles. The molecule has 8 heteroatoms. The summed E-state index contributed by atoms with van der Waals surface area (Å²) in [5.74, 6) is 0.253. The second kappa shape index (κ2) is 5.92. The van der Waals surface area contributed by atoms with Gasteiger partial charge in [0.25, 0.3) is 0 Å². The van der Waals surface area contributed by atoms with Gasteiger partial charge in [-0.1, -0.05) is 0 Å². The first kappa shape index (κ1) is 15.0. The molecule has 7 nitrogen and oxygen atoms in total. The van der Waals surface area contributed by atoms with E-state index in [4.69, 9.17) is 15.7 Å². The fourth-order valence-electron chi connectivity index (χ4n) is 1.59. The molecule has 1 heterocycles. The quantitative estimate of drug-likeness (QED) is 0.484. The third-order valence-electron chi connectivity index (χ3n) is 2.66. The molecule has 0 aliphatic heterocycles. The van der Waals surface area contributed by atoms with Crippen molar-refractivity contribution in [2.45, 2.75) is 6.92 Å². The van der Waals surface area contributed by atoms with Crippen molar-refractivity contribution in [1.29, 1.82) is 5.26 Å². The number of hydrogen-bond acceptors (Lipinski definition) is 6. The number of nitro benzene ring substituents is 1. The molecule has 2 N–H and O–H groups in total. The Kier molecular flexibility index (Phi) is 4.23. The predicted octanol–water partition coefficient (Wildman–Crippen LogP) is 3.15. The highest BCUT2D eigenvalue weighted by Crippen LogP contribution is 2.36. The minimum absolute atomic E-state index is 0.0521. The number of aryl methyl sites for hydroxylation is 1. The normalized spacial score (nSPS) is 9.95. The number of halogens is 1. The molecule has 2 rings (SSSR count). The van der Waals surface area contributed by atoms with E-state index >= 15 is 0 Å². The van der Waals surface area contributed by atoms with Gasteiger partial charge in [-0.2, -0.15) is 5.26 Å². The van der Waals surface area contributed by atoms with Crippen molar-refractivity contribution in [3.05, 3.63) is 49.2 Å². The average Bonchev–Trinajstić information content (AvgIpc) is 2.44. The maximum Gasteiger partial charge on any atom is 0.314 e. The molecule has 0 spiro atoms. The van der Waals surface area contributed by atoms with E-state index in [0.29, 0.717) is 15.0 Å². The molecule has 0 fully saturated rings. The van der Waals surface area contributed by atoms with Gasteiger partial charge < -0.3 is 10.5 Å². The van der Waals surface area contributed by atoms with Crippen LogP contribution in [-0.2, 0) is 0 Å². The van der Waals surface area contributed by atoms with E-state index < -0.39 is 4.92 Å². The van der Waals surface area contributed by atoms with Gasteiger partial charge in [-0.05, 0) is 41.6 Å². The van der Waals surface area contributed by atoms with Gasteiger partial charge in [0.15, 0.2) is 0 Å². The molecule has 0 aliphatic rings. The van der Waals surface area contributed by atoms with E-state index in [9.17, 15) is 10.1 Å². The summed E-state index contributed by atoms with van der Waals surface area (Å²) < 4.78 is 5.97. The zero-order valence-electron chi connectivity index (χ0n) is 10.8. The lowest BCUT2D eigenvalue weighted by Crippen LogP contribution is -2.00. The molecule has 106 valence electrons. The Balaban J connectivity index is 2.50. The lowest BCUT2D eigenvalue weighted by molar-refractivity contribution is -0.385. The van der Waals surface area contributed by atoms with Crippen LogP contribution in [0.4, 0.5) is 11.4 Å². The fourth-order valence-corrected chi connectivity index (χ4v) is 2.31. The number of ether oxygens (including phenoxy) is 1. The van der Waals surface area contributed by atoms with Crippen molar-refractivity contribution < 1.29 is 9.66 Å². The van der Waals surface area contributed by atoms with E-state index in [1.807, 2.05) is 28.7 Å². The Morgan fingerprint density at radius 1 is 1.48 bits per heavy atom. The molecule has 2 aromatic rings. The van der Waals surface area contributed by atoms with Crippen molar-refractivity contribution in [1.82, 2.24) is 4.98 Å². The van der Waals surface area contributed by atoms with Gasteiger partial charge in [0, 0.05) is 12.1 Å². The molecule has 1 aromatic heterocycles. The first-order chi connectivity index (χ1) is 9.92. The molecule has 1 aromatic carbocycles. The SMILES string of the molecule is Cc1nc(Oc2c(I)cc(C#N)cc2[N+](=O)[O-])ccc1N. The number of aromatic nitrogens is 1. The molecule has 21 heavy (non-hydrogen) atoms. The number of rotatable bonds is 3. The topological polar surface area (TPSA) is 115 Å². The largest absolute Gasteiger partial charge is 0.431 e. The van der Waals surface area contributed by atoms with Gasteiger partial charge >= 0.3 is 5.69 Å². The van der Waals surface area contributed by atoms with Crippen molar-refractivity contribution in [2.24, 2.45) is 0 Å². The zero-order chi connectivity index (χ0) is 15.6. The number of nitrogens with zero attached hydrogens (tertiary/aromatic N) is 3. The van der Waals surface area contributed by atoms with Crippen LogP contribution < -0.4 is 10.5 Å². The monoisotopic (exact) mass is 396 g/mol.